The fourth-order valence-corrected chi connectivity index (χ4v) is 5.66. The molecule has 7 rings (SSSR count). The van der Waals surface area contributed by atoms with Crippen molar-refractivity contribution in [3.8, 4) is 28.7 Å². The molecule has 0 spiro atoms. The lowest BCUT2D eigenvalue weighted by Crippen LogP contribution is -2.28. The number of anilines is 1. The van der Waals surface area contributed by atoms with Crippen LogP contribution in [0, 0.1) is 10.7 Å². The highest BCUT2D eigenvalue weighted by Gasteiger charge is 2.27. The maximum absolute atomic E-state index is 15.5. The van der Waals surface area contributed by atoms with E-state index in [1.54, 1.807) is 12.1 Å². The van der Waals surface area contributed by atoms with Crippen LogP contribution >= 0.6 is 0 Å². The summed E-state index contributed by atoms with van der Waals surface area (Å²) in [6, 6.07) is 8.16. The van der Waals surface area contributed by atoms with E-state index in [2.05, 4.69) is 15.5 Å². The van der Waals surface area contributed by atoms with Gasteiger partial charge in [-0.3, -0.25) is 19.1 Å². The Morgan fingerprint density at radius 1 is 0.980 bits per heavy atom. The van der Waals surface area contributed by atoms with E-state index in [1.807, 2.05) is 0 Å². The molecule has 4 aromatic rings. The Balaban J connectivity index is 1.15. The Bertz CT molecular complexity index is 2120. The summed E-state index contributed by atoms with van der Waals surface area (Å²) in [7, 11) is 0. The molecule has 250 valence electrons. The summed E-state index contributed by atoms with van der Waals surface area (Å²) >= 11 is 0. The summed E-state index contributed by atoms with van der Waals surface area (Å²) in [4.78, 5) is 42.5. The third-order valence-electron chi connectivity index (χ3n) is 8.02. The van der Waals surface area contributed by atoms with Crippen molar-refractivity contribution in [3.63, 3.8) is 0 Å². The molecule has 4 heterocycles. The van der Waals surface area contributed by atoms with Gasteiger partial charge in [-0.2, -0.15) is 0 Å². The minimum Gasteiger partial charge on any atom is -0.486 e. The van der Waals surface area contributed by atoms with Gasteiger partial charge in [-0.1, -0.05) is 6.08 Å². The first kappa shape index (κ1) is 31.7. The van der Waals surface area contributed by atoms with Gasteiger partial charge in [0.1, 0.15) is 42.1 Å². The van der Waals surface area contributed by atoms with Crippen molar-refractivity contribution in [1.82, 2.24) is 9.55 Å². The highest BCUT2D eigenvalue weighted by atomic mass is 19.1. The van der Waals surface area contributed by atoms with Crippen LogP contribution in [0.3, 0.4) is 0 Å². The van der Waals surface area contributed by atoms with E-state index in [0.717, 1.165) is 23.5 Å². The van der Waals surface area contributed by atoms with E-state index in [9.17, 15) is 18.9 Å². The number of carbonyl (C=O) groups is 1. The smallest absolute Gasteiger partial charge is 0.270 e. The number of rotatable bonds is 8. The number of ether oxygens (including phenoxy) is 5. The quantitative estimate of drug-likeness (QED) is 0.197. The van der Waals surface area contributed by atoms with Gasteiger partial charge < -0.3 is 29.0 Å². The number of nitrogens with one attached hydrogen (secondary N) is 1. The van der Waals surface area contributed by atoms with Crippen molar-refractivity contribution in [1.29, 1.82) is 0 Å². The van der Waals surface area contributed by atoms with Gasteiger partial charge in [-0.15, -0.1) is 4.91 Å². The van der Waals surface area contributed by atoms with Gasteiger partial charge in [0.25, 0.3) is 11.5 Å². The van der Waals surface area contributed by atoms with Gasteiger partial charge >= 0.3 is 0 Å². The van der Waals surface area contributed by atoms with Crippen LogP contribution < -0.4 is 29.8 Å². The molecule has 0 bridgehead atoms. The van der Waals surface area contributed by atoms with Gasteiger partial charge in [-0.05, 0) is 47.7 Å². The summed E-state index contributed by atoms with van der Waals surface area (Å²) < 4.78 is 59.9. The number of amides is 1. The van der Waals surface area contributed by atoms with E-state index in [4.69, 9.17) is 23.7 Å². The molecular formula is C35H28F2N4O8. The molecule has 2 aromatic carbocycles. The second-order valence-corrected chi connectivity index (χ2v) is 11.2. The summed E-state index contributed by atoms with van der Waals surface area (Å²) in [6.07, 6.45) is 9.80. The van der Waals surface area contributed by atoms with Crippen LogP contribution in [-0.4, -0.2) is 48.0 Å². The molecule has 3 aliphatic rings. The molecule has 2 aromatic heterocycles. The summed E-state index contributed by atoms with van der Waals surface area (Å²) in [5.41, 5.74) is -1.14. The van der Waals surface area contributed by atoms with Crippen molar-refractivity contribution in [3.05, 3.63) is 106 Å². The van der Waals surface area contributed by atoms with Crippen LogP contribution in [0.25, 0.3) is 16.6 Å². The molecule has 0 radical (unpaired) electrons. The number of nitrogens with zero attached hydrogens (tertiary/aromatic N) is 3. The molecule has 1 N–H and O–H groups in total. The molecule has 1 aliphatic carbocycles. The minimum atomic E-state index is -0.996. The van der Waals surface area contributed by atoms with Crippen molar-refractivity contribution < 1.29 is 37.3 Å². The topological polar surface area (TPSA) is 140 Å². The lowest BCUT2D eigenvalue weighted by molar-refractivity contribution is 0.0234. The number of allylic oxidation sites excluding steroid dienone is 6. The zero-order chi connectivity index (χ0) is 33.9. The monoisotopic (exact) mass is 670 g/mol. The Morgan fingerprint density at radius 2 is 1.80 bits per heavy atom. The molecule has 49 heavy (non-hydrogen) atoms. The Labute approximate surface area is 277 Å². The Morgan fingerprint density at radius 3 is 2.59 bits per heavy atom. The average molecular weight is 671 g/mol. The van der Waals surface area contributed by atoms with E-state index in [1.165, 1.54) is 54.9 Å². The van der Waals surface area contributed by atoms with Crippen molar-refractivity contribution in [2.45, 2.75) is 25.4 Å². The molecule has 1 fully saturated rings. The number of pyridine rings is 2. The van der Waals surface area contributed by atoms with Crippen LogP contribution in [0.1, 0.15) is 29.6 Å². The second kappa shape index (κ2) is 13.7. The summed E-state index contributed by atoms with van der Waals surface area (Å²) in [5.74, 6) is -0.938. The van der Waals surface area contributed by atoms with Crippen molar-refractivity contribution in [2.75, 3.05) is 31.7 Å². The number of aromatic nitrogens is 2. The highest BCUT2D eigenvalue weighted by molar-refractivity contribution is 6.07. The molecule has 2 aliphatic heterocycles. The van der Waals surface area contributed by atoms with E-state index in [0.29, 0.717) is 48.0 Å². The van der Waals surface area contributed by atoms with Gasteiger partial charge in [0.15, 0.2) is 23.1 Å². The first-order valence-corrected chi connectivity index (χ1v) is 15.5. The van der Waals surface area contributed by atoms with E-state index in [-0.39, 0.29) is 42.0 Å². The molecular weight excluding hydrogens is 642 g/mol. The Kier molecular flexibility index (Phi) is 8.85. The third kappa shape index (κ3) is 6.50. The number of carbonyl (C=O) groups excluding carboxylic acids is 1. The molecule has 0 saturated carbocycles. The van der Waals surface area contributed by atoms with Crippen molar-refractivity contribution >= 4 is 33.9 Å². The zero-order valence-corrected chi connectivity index (χ0v) is 25.8. The van der Waals surface area contributed by atoms with Crippen LogP contribution in [0.5, 0.6) is 28.7 Å². The standard InChI is InChI=1S/C35H28F2N4O8/c36-20-2-1-3-22(6-4-20)41-13-9-25(40-44)31(35(41)43)34(42)39-21-5-7-27(24(37)18-21)49-28-8-12-38-26-19-29(48-23-10-14-45-15-11-23)32-33(30(26)28)47-17-16-46-32/h1,3-9,12-13,18-19,23H,2,10-11,14-17H2,(H,39,42). The third-order valence-corrected chi connectivity index (χ3v) is 8.02. The second-order valence-electron chi connectivity index (χ2n) is 11.2. The first-order valence-electron chi connectivity index (χ1n) is 15.5. The number of benzene rings is 2. The number of hydrogen-bond acceptors (Lipinski definition) is 10. The SMILES string of the molecule is O=Nc1ccn(C2=CC=C(F)CC=C2)c(=O)c1C(=O)Nc1ccc(Oc2ccnc3cc(OC4CCOCC4)c4c(c23)OCCO4)c(F)c1. The van der Waals surface area contributed by atoms with E-state index >= 15 is 4.39 Å². The molecule has 14 heteroatoms. The first-order chi connectivity index (χ1) is 23.9. The number of nitroso groups, excluding NO2 is 1. The number of fused-ring (bicyclic) bond motifs is 3. The molecule has 1 amide bonds. The largest absolute Gasteiger partial charge is 0.486 e. The van der Waals surface area contributed by atoms with Gasteiger partial charge in [-0.25, -0.2) is 8.78 Å². The van der Waals surface area contributed by atoms with Crippen LogP contribution in [0.15, 0.2) is 88.9 Å². The van der Waals surface area contributed by atoms with Gasteiger partial charge in [0.05, 0.1) is 24.1 Å². The fourth-order valence-electron chi connectivity index (χ4n) is 5.66. The minimum absolute atomic E-state index is 0.0244. The Hall–Kier alpha value is -5.89. The average Bonchev–Trinajstić information content (AvgIpc) is 3.33. The predicted octanol–water partition coefficient (Wildman–Crippen LogP) is 6.96. The summed E-state index contributed by atoms with van der Waals surface area (Å²) in [6.45, 7) is 1.79. The molecule has 0 atom stereocenters. The van der Waals surface area contributed by atoms with E-state index < -0.39 is 34.4 Å². The maximum Gasteiger partial charge on any atom is 0.270 e. The van der Waals surface area contributed by atoms with Crippen LogP contribution in [-0.2, 0) is 4.74 Å². The molecule has 1 saturated heterocycles. The number of hydrogen-bond donors (Lipinski definition) is 1. The lowest BCUT2D eigenvalue weighted by Gasteiger charge is -2.27. The molecule has 12 nitrogen and oxygen atoms in total. The predicted molar refractivity (Wildman–Crippen MR) is 175 cm³/mol. The van der Waals surface area contributed by atoms with Crippen LogP contribution in [0.4, 0.5) is 20.2 Å². The highest BCUT2D eigenvalue weighted by Crippen LogP contribution is 2.49. The van der Waals surface area contributed by atoms with Crippen LogP contribution in [0.2, 0.25) is 0 Å². The zero-order valence-electron chi connectivity index (χ0n) is 25.8. The number of halogens is 2. The fraction of sp³-hybridized carbons (Fsp3) is 0.229. The van der Waals surface area contributed by atoms with Gasteiger partial charge in [0, 0.05) is 55.2 Å². The lowest BCUT2D eigenvalue weighted by atomic mass is 10.1. The maximum atomic E-state index is 15.5. The normalized spacial score (nSPS) is 16.0. The van der Waals surface area contributed by atoms with Crippen molar-refractivity contribution in [2.24, 2.45) is 5.18 Å². The molecule has 0 unspecified atom stereocenters. The summed E-state index contributed by atoms with van der Waals surface area (Å²) in [5, 5.41) is 5.71. The van der Waals surface area contributed by atoms with Gasteiger partial charge in [0.2, 0.25) is 5.75 Å².